The maximum absolute atomic E-state index is 12.7. The third-order valence-electron chi connectivity index (χ3n) is 4.86. The molecule has 0 aliphatic carbocycles. The number of hydrogen-bond donors (Lipinski definition) is 1. The minimum Gasteiger partial charge on any atom is -0.342 e. The molecule has 0 bridgehead atoms. The van der Waals surface area contributed by atoms with Crippen LogP contribution in [0.1, 0.15) is 40.5 Å². The summed E-state index contributed by atoms with van der Waals surface area (Å²) in [6, 6.07) is 0. The average molecular weight is 357 g/mol. The van der Waals surface area contributed by atoms with E-state index in [0.717, 1.165) is 12.8 Å². The number of carbonyl (C=O) groups excluding carboxylic acids is 2. The molecule has 3 rings (SSSR count). The molecular formula is C18H23N5O3. The van der Waals surface area contributed by atoms with Crippen molar-refractivity contribution in [2.24, 2.45) is 13.0 Å². The molecule has 2 aromatic rings. The number of nitrogens with one attached hydrogen (secondary N) is 1. The van der Waals surface area contributed by atoms with Gasteiger partial charge in [0.1, 0.15) is 5.82 Å². The molecule has 1 aliphatic rings. The van der Waals surface area contributed by atoms with E-state index in [0.29, 0.717) is 36.0 Å². The van der Waals surface area contributed by atoms with Crippen LogP contribution in [0, 0.1) is 19.8 Å². The quantitative estimate of drug-likeness (QED) is 0.815. The smallest absolute Gasteiger partial charge is 0.254 e. The second kappa shape index (κ2) is 7.23. The Kier molecular flexibility index (Phi) is 5.01. The molecule has 1 atom stereocenters. The minimum absolute atomic E-state index is 0.00222. The fourth-order valence-electron chi connectivity index (χ4n) is 3.43. The van der Waals surface area contributed by atoms with Crippen LogP contribution < -0.4 is 5.56 Å². The Morgan fingerprint density at radius 3 is 2.77 bits per heavy atom. The van der Waals surface area contributed by atoms with Crippen LogP contribution in [0.25, 0.3) is 0 Å². The molecule has 1 amide bonds. The Labute approximate surface area is 151 Å². The van der Waals surface area contributed by atoms with Gasteiger partial charge < -0.3 is 14.5 Å². The summed E-state index contributed by atoms with van der Waals surface area (Å²) in [6.45, 7) is 4.40. The molecule has 1 saturated heterocycles. The molecule has 0 radical (unpaired) electrons. The number of likely N-dealkylation sites (tertiary alicyclic amines) is 1. The summed E-state index contributed by atoms with van der Waals surface area (Å²) in [5.74, 6) is 0.494. The number of aromatic nitrogens is 4. The molecule has 0 spiro atoms. The fraction of sp³-hybridized carbons (Fsp3) is 0.500. The van der Waals surface area contributed by atoms with Crippen molar-refractivity contribution in [1.82, 2.24) is 24.4 Å². The molecule has 26 heavy (non-hydrogen) atoms. The third-order valence-corrected chi connectivity index (χ3v) is 4.86. The van der Waals surface area contributed by atoms with Gasteiger partial charge in [-0.3, -0.25) is 14.4 Å². The molecule has 1 N–H and O–H groups in total. The van der Waals surface area contributed by atoms with Gasteiger partial charge in [-0.1, -0.05) is 0 Å². The van der Waals surface area contributed by atoms with Crippen LogP contribution in [0.3, 0.4) is 0 Å². The summed E-state index contributed by atoms with van der Waals surface area (Å²) >= 11 is 0. The number of aryl methyl sites for hydroxylation is 3. The van der Waals surface area contributed by atoms with Crippen molar-refractivity contribution in [3.8, 4) is 0 Å². The normalized spacial score (nSPS) is 17.3. The highest BCUT2D eigenvalue weighted by Gasteiger charge is 2.31. The zero-order chi connectivity index (χ0) is 18.8. The van der Waals surface area contributed by atoms with Crippen molar-refractivity contribution in [2.45, 2.75) is 33.1 Å². The molecule has 2 aromatic heterocycles. The van der Waals surface area contributed by atoms with E-state index in [-0.39, 0.29) is 29.6 Å². The molecule has 138 valence electrons. The number of piperidine rings is 1. The van der Waals surface area contributed by atoms with Crippen molar-refractivity contribution in [3.05, 3.63) is 45.7 Å². The molecule has 0 saturated carbocycles. The first-order valence-corrected chi connectivity index (χ1v) is 8.72. The second-order valence-electron chi connectivity index (χ2n) is 6.80. The summed E-state index contributed by atoms with van der Waals surface area (Å²) in [7, 11) is 1.78. The first kappa shape index (κ1) is 18.0. The van der Waals surface area contributed by atoms with Gasteiger partial charge in [-0.2, -0.15) is 0 Å². The van der Waals surface area contributed by atoms with Gasteiger partial charge in [0.05, 0.1) is 6.42 Å². The Morgan fingerprint density at radius 2 is 2.12 bits per heavy atom. The van der Waals surface area contributed by atoms with Crippen LogP contribution in [0.15, 0.2) is 17.2 Å². The molecule has 1 fully saturated rings. The fourth-order valence-corrected chi connectivity index (χ4v) is 3.43. The number of aromatic amines is 1. The summed E-state index contributed by atoms with van der Waals surface area (Å²) in [6.07, 6.45) is 4.82. The van der Waals surface area contributed by atoms with E-state index >= 15 is 0 Å². The Hall–Kier alpha value is -2.77. The van der Waals surface area contributed by atoms with Crippen LogP contribution in [-0.2, 0) is 18.3 Å². The van der Waals surface area contributed by atoms with E-state index in [1.807, 2.05) is 0 Å². The van der Waals surface area contributed by atoms with Crippen molar-refractivity contribution in [2.75, 3.05) is 13.1 Å². The first-order valence-electron chi connectivity index (χ1n) is 8.72. The summed E-state index contributed by atoms with van der Waals surface area (Å²) in [5.41, 5.74) is 0.677. The first-order chi connectivity index (χ1) is 12.4. The summed E-state index contributed by atoms with van der Waals surface area (Å²) in [4.78, 5) is 50.1. The maximum atomic E-state index is 12.7. The lowest BCUT2D eigenvalue weighted by atomic mass is 9.93. The predicted octanol–water partition coefficient (Wildman–Crippen LogP) is 0.784. The van der Waals surface area contributed by atoms with E-state index in [4.69, 9.17) is 0 Å². The van der Waals surface area contributed by atoms with Gasteiger partial charge in [-0.15, -0.1) is 0 Å². The monoisotopic (exact) mass is 357 g/mol. The largest absolute Gasteiger partial charge is 0.342 e. The number of ketones is 1. The van der Waals surface area contributed by atoms with Crippen LogP contribution in [0.5, 0.6) is 0 Å². The van der Waals surface area contributed by atoms with Gasteiger partial charge in [0.2, 0.25) is 11.7 Å². The molecular weight excluding hydrogens is 334 g/mol. The van der Waals surface area contributed by atoms with Crippen LogP contribution in [-0.4, -0.2) is 49.2 Å². The van der Waals surface area contributed by atoms with Gasteiger partial charge in [0.15, 0.2) is 5.82 Å². The maximum Gasteiger partial charge on any atom is 0.254 e. The number of nitrogens with zero attached hydrogens (tertiary/aromatic N) is 4. The van der Waals surface area contributed by atoms with Gasteiger partial charge in [-0.05, 0) is 26.7 Å². The minimum atomic E-state index is -0.277. The zero-order valence-corrected chi connectivity index (χ0v) is 15.3. The van der Waals surface area contributed by atoms with E-state index in [1.165, 1.54) is 0 Å². The highest BCUT2D eigenvalue weighted by Crippen LogP contribution is 2.21. The zero-order valence-electron chi connectivity index (χ0n) is 15.3. The number of H-pyrrole nitrogens is 1. The average Bonchev–Trinajstić information content (AvgIpc) is 3.03. The molecule has 0 unspecified atom stereocenters. The SMILES string of the molecule is Cc1nc(C)c(CC(=O)N2CCC[C@@H](C(=O)c3nccn3C)C2)c(=O)[nH]1. The second-order valence-corrected chi connectivity index (χ2v) is 6.80. The van der Waals surface area contributed by atoms with Crippen LogP contribution in [0.4, 0.5) is 0 Å². The lowest BCUT2D eigenvalue weighted by molar-refractivity contribution is -0.131. The number of imidazole rings is 1. The highest BCUT2D eigenvalue weighted by atomic mass is 16.2. The lowest BCUT2D eigenvalue weighted by Crippen LogP contribution is -2.44. The Morgan fingerprint density at radius 1 is 1.35 bits per heavy atom. The number of carbonyl (C=O) groups is 2. The van der Waals surface area contributed by atoms with Crippen molar-refractivity contribution < 1.29 is 9.59 Å². The van der Waals surface area contributed by atoms with Gasteiger partial charge in [0.25, 0.3) is 5.56 Å². The topological polar surface area (TPSA) is 101 Å². The molecule has 0 aromatic carbocycles. The van der Waals surface area contributed by atoms with Crippen molar-refractivity contribution in [3.63, 3.8) is 0 Å². The van der Waals surface area contributed by atoms with Crippen LogP contribution in [0.2, 0.25) is 0 Å². The van der Waals surface area contributed by atoms with E-state index < -0.39 is 0 Å². The Balaban J connectivity index is 1.72. The number of amides is 1. The summed E-state index contributed by atoms with van der Waals surface area (Å²) in [5, 5.41) is 0. The van der Waals surface area contributed by atoms with Gasteiger partial charge >= 0.3 is 0 Å². The molecule has 1 aliphatic heterocycles. The third kappa shape index (κ3) is 3.58. The highest BCUT2D eigenvalue weighted by molar-refractivity contribution is 5.95. The van der Waals surface area contributed by atoms with Crippen LogP contribution >= 0.6 is 0 Å². The van der Waals surface area contributed by atoms with Gasteiger partial charge in [0, 0.05) is 49.7 Å². The van der Waals surface area contributed by atoms with Crippen molar-refractivity contribution in [1.29, 1.82) is 0 Å². The van der Waals surface area contributed by atoms with E-state index in [9.17, 15) is 14.4 Å². The molecule has 8 nitrogen and oxygen atoms in total. The molecule has 8 heteroatoms. The van der Waals surface area contributed by atoms with E-state index in [1.54, 1.807) is 42.8 Å². The standard InChI is InChI=1S/C18H23N5O3/c1-11-14(18(26)21-12(2)20-11)9-15(24)23-7-4-5-13(10-23)16(25)17-19-6-8-22(17)3/h6,8,13H,4-5,7,9-10H2,1-3H3,(H,20,21,26)/t13-/m1/s1. The number of hydrogen-bond acceptors (Lipinski definition) is 5. The van der Waals surface area contributed by atoms with E-state index in [2.05, 4.69) is 15.0 Å². The molecule has 3 heterocycles. The lowest BCUT2D eigenvalue weighted by Gasteiger charge is -2.32. The predicted molar refractivity (Wildman–Crippen MR) is 94.9 cm³/mol. The Bertz CT molecular complexity index is 898. The van der Waals surface area contributed by atoms with Crippen molar-refractivity contribution >= 4 is 11.7 Å². The number of Topliss-reactive ketones (excluding diaryl/α,β-unsaturated/α-hetero) is 1. The summed E-state index contributed by atoms with van der Waals surface area (Å²) < 4.78 is 1.70. The number of rotatable bonds is 4. The van der Waals surface area contributed by atoms with Gasteiger partial charge in [-0.25, -0.2) is 9.97 Å².